The van der Waals surface area contributed by atoms with E-state index in [1.807, 2.05) is 54.6 Å². The topological polar surface area (TPSA) is 126 Å². The number of ether oxygens (including phenoxy) is 2. The van der Waals surface area contributed by atoms with Gasteiger partial charge in [0.1, 0.15) is 10.8 Å². The number of esters is 1. The Kier molecular flexibility index (Phi) is 6.93. The van der Waals surface area contributed by atoms with Crippen molar-refractivity contribution in [2.75, 3.05) is 12.4 Å². The number of nitrogens with zero attached hydrogens (tertiary/aromatic N) is 2. The van der Waals surface area contributed by atoms with Gasteiger partial charge in [0.2, 0.25) is 0 Å². The van der Waals surface area contributed by atoms with E-state index in [2.05, 4.69) is 10.4 Å². The highest BCUT2D eigenvalue weighted by Crippen LogP contribution is 2.33. The molecule has 0 aliphatic carbocycles. The number of carbonyl (C=O) groups excluding carboxylic acids is 3. The Morgan fingerprint density at radius 3 is 2.37 bits per heavy atom. The Morgan fingerprint density at radius 2 is 1.71 bits per heavy atom. The lowest BCUT2D eigenvalue weighted by atomic mass is 10.1. The molecule has 0 saturated heterocycles. The molecule has 0 unspecified atom stereocenters. The molecule has 0 bridgehead atoms. The molecule has 0 aliphatic heterocycles. The first-order chi connectivity index (χ1) is 16.9. The number of hydrogen-bond donors (Lipinski definition) is 2. The maximum Gasteiger partial charge on any atom is 0.341 e. The van der Waals surface area contributed by atoms with E-state index in [9.17, 15) is 14.4 Å². The highest BCUT2D eigenvalue weighted by atomic mass is 32.1. The summed E-state index contributed by atoms with van der Waals surface area (Å²) in [6.45, 7) is 1.66. The molecular weight excluding hydrogens is 468 g/mol. The van der Waals surface area contributed by atoms with Gasteiger partial charge in [-0.15, -0.1) is 11.3 Å². The Balaban J connectivity index is 1.42. The van der Waals surface area contributed by atoms with E-state index >= 15 is 0 Å². The van der Waals surface area contributed by atoms with E-state index in [1.54, 1.807) is 13.1 Å². The molecule has 0 aliphatic rings. The van der Waals surface area contributed by atoms with Crippen LogP contribution < -0.4 is 15.8 Å². The summed E-state index contributed by atoms with van der Waals surface area (Å²) < 4.78 is 12.0. The quantitative estimate of drug-likeness (QED) is 0.358. The maximum atomic E-state index is 12.7. The summed E-state index contributed by atoms with van der Waals surface area (Å²) in [5.41, 5.74) is 8.11. The molecule has 2 heterocycles. The smallest absolute Gasteiger partial charge is 0.341 e. The van der Waals surface area contributed by atoms with Gasteiger partial charge in [0.15, 0.2) is 12.4 Å². The van der Waals surface area contributed by atoms with Crippen LogP contribution >= 0.6 is 11.3 Å². The molecule has 0 radical (unpaired) electrons. The minimum absolute atomic E-state index is 0.0846. The Bertz CT molecular complexity index is 1380. The molecule has 2 aromatic carbocycles. The predicted molar refractivity (Wildman–Crippen MR) is 132 cm³/mol. The van der Waals surface area contributed by atoms with Gasteiger partial charge in [-0.25, -0.2) is 9.48 Å². The van der Waals surface area contributed by atoms with Gasteiger partial charge in [0, 0.05) is 6.20 Å². The molecule has 0 spiro atoms. The molecule has 2 amide bonds. The molecule has 4 rings (SSSR count). The normalized spacial score (nSPS) is 10.6. The van der Waals surface area contributed by atoms with Gasteiger partial charge in [0.05, 0.1) is 17.6 Å². The number of nitrogens with two attached hydrogens (primary N) is 1. The lowest BCUT2D eigenvalue weighted by molar-refractivity contribution is 0.0601. The zero-order chi connectivity index (χ0) is 24.9. The van der Waals surface area contributed by atoms with Gasteiger partial charge in [-0.1, -0.05) is 42.5 Å². The first-order valence-electron chi connectivity index (χ1n) is 10.5. The van der Waals surface area contributed by atoms with Crippen molar-refractivity contribution >= 4 is 34.1 Å². The predicted octanol–water partition coefficient (Wildman–Crippen LogP) is 4.09. The first-order valence-corrected chi connectivity index (χ1v) is 11.3. The number of carbonyl (C=O) groups is 3. The van der Waals surface area contributed by atoms with Crippen LogP contribution in [0.2, 0.25) is 0 Å². The summed E-state index contributed by atoms with van der Waals surface area (Å²) in [6, 6.07) is 19.2. The maximum absolute atomic E-state index is 12.7. The lowest BCUT2D eigenvalue weighted by Gasteiger charge is -2.08. The van der Waals surface area contributed by atoms with Crippen LogP contribution in [0.4, 0.5) is 5.00 Å². The van der Waals surface area contributed by atoms with E-state index in [1.165, 1.54) is 17.9 Å². The molecule has 0 fully saturated rings. The van der Waals surface area contributed by atoms with E-state index in [4.69, 9.17) is 15.2 Å². The van der Waals surface area contributed by atoms with Crippen molar-refractivity contribution in [3.63, 3.8) is 0 Å². The highest BCUT2D eigenvalue weighted by molar-refractivity contribution is 7.18. The van der Waals surface area contributed by atoms with Crippen LogP contribution in [0.15, 0.2) is 66.9 Å². The molecule has 0 atom stereocenters. The molecular formula is C25H22N4O5S. The molecule has 9 nitrogen and oxygen atoms in total. The van der Waals surface area contributed by atoms with Gasteiger partial charge >= 0.3 is 5.97 Å². The minimum Gasteiger partial charge on any atom is -0.471 e. The van der Waals surface area contributed by atoms with E-state index in [-0.39, 0.29) is 27.9 Å². The second-order valence-electron chi connectivity index (χ2n) is 7.47. The van der Waals surface area contributed by atoms with Crippen molar-refractivity contribution in [3.05, 3.63) is 88.6 Å². The van der Waals surface area contributed by atoms with E-state index in [0.29, 0.717) is 11.3 Å². The standard InChI is InChI=1S/C25H22N4O5S/c1-15-20(25(32)33-2)24(35-21(15)22(26)30)27-23(31)19-12-13-29(28-19)14-34-18-10-8-17(9-11-18)16-6-4-3-5-7-16/h3-13H,14H2,1-2H3,(H2,26,30)(H,27,31). The minimum atomic E-state index is -0.698. The average molecular weight is 491 g/mol. The zero-order valence-electron chi connectivity index (χ0n) is 19.0. The first kappa shape index (κ1) is 23.7. The third kappa shape index (κ3) is 5.22. The Hall–Kier alpha value is -4.44. The number of benzene rings is 2. The fourth-order valence-electron chi connectivity index (χ4n) is 3.42. The fourth-order valence-corrected chi connectivity index (χ4v) is 4.46. The number of aromatic nitrogens is 2. The summed E-state index contributed by atoms with van der Waals surface area (Å²) >= 11 is 0.908. The number of hydrogen-bond acceptors (Lipinski definition) is 7. The van der Waals surface area contributed by atoms with Gasteiger partial charge in [0.25, 0.3) is 11.8 Å². The van der Waals surface area contributed by atoms with Crippen molar-refractivity contribution in [2.45, 2.75) is 13.7 Å². The SMILES string of the molecule is COC(=O)c1c(NC(=O)c2ccn(COc3ccc(-c4ccccc4)cc3)n2)sc(C(N)=O)c1C. The fraction of sp³-hybridized carbons (Fsp3) is 0.120. The second kappa shape index (κ2) is 10.2. The average Bonchev–Trinajstić information content (AvgIpc) is 3.48. The number of rotatable bonds is 8. The van der Waals surface area contributed by atoms with Gasteiger partial charge in [-0.2, -0.15) is 5.10 Å². The number of amides is 2. The molecule has 178 valence electrons. The number of methoxy groups -OCH3 is 1. The van der Waals surface area contributed by atoms with Crippen molar-refractivity contribution < 1.29 is 23.9 Å². The summed E-state index contributed by atoms with van der Waals surface area (Å²) in [7, 11) is 1.21. The third-order valence-electron chi connectivity index (χ3n) is 5.19. The molecule has 0 saturated carbocycles. The van der Waals surface area contributed by atoms with Gasteiger partial charge in [-0.05, 0) is 41.8 Å². The molecule has 35 heavy (non-hydrogen) atoms. The third-order valence-corrected chi connectivity index (χ3v) is 6.41. The summed E-state index contributed by atoms with van der Waals surface area (Å²) in [5, 5.41) is 7.01. The second-order valence-corrected chi connectivity index (χ2v) is 8.50. The molecule has 4 aromatic rings. The van der Waals surface area contributed by atoms with Gasteiger partial charge < -0.3 is 20.5 Å². The van der Waals surface area contributed by atoms with Crippen LogP contribution in [0.25, 0.3) is 11.1 Å². The molecule has 3 N–H and O–H groups in total. The van der Waals surface area contributed by atoms with E-state index in [0.717, 1.165) is 22.5 Å². The highest BCUT2D eigenvalue weighted by Gasteiger charge is 2.26. The lowest BCUT2D eigenvalue weighted by Crippen LogP contribution is -2.16. The van der Waals surface area contributed by atoms with Crippen LogP contribution in [0.5, 0.6) is 5.75 Å². The van der Waals surface area contributed by atoms with Gasteiger partial charge in [-0.3, -0.25) is 9.59 Å². The number of anilines is 1. The van der Waals surface area contributed by atoms with Crippen molar-refractivity contribution in [1.29, 1.82) is 0 Å². The van der Waals surface area contributed by atoms with Crippen LogP contribution in [-0.2, 0) is 11.5 Å². The van der Waals surface area contributed by atoms with Crippen LogP contribution in [-0.4, -0.2) is 34.7 Å². The number of thiophene rings is 1. The summed E-state index contributed by atoms with van der Waals surface area (Å²) in [4.78, 5) is 36.8. The zero-order valence-corrected chi connectivity index (χ0v) is 19.8. The Labute approximate surface area is 205 Å². The molecule has 10 heteroatoms. The molecule has 2 aromatic heterocycles. The van der Waals surface area contributed by atoms with Crippen molar-refractivity contribution in [3.8, 4) is 16.9 Å². The van der Waals surface area contributed by atoms with E-state index < -0.39 is 17.8 Å². The van der Waals surface area contributed by atoms with Crippen molar-refractivity contribution in [1.82, 2.24) is 9.78 Å². The number of nitrogens with one attached hydrogen (secondary N) is 1. The largest absolute Gasteiger partial charge is 0.471 e. The monoisotopic (exact) mass is 490 g/mol. The number of primary amides is 1. The van der Waals surface area contributed by atoms with Crippen LogP contribution in [0.1, 0.15) is 36.1 Å². The summed E-state index contributed by atoms with van der Waals surface area (Å²) in [5.74, 6) is -1.28. The Morgan fingerprint density at radius 1 is 1.03 bits per heavy atom. The summed E-state index contributed by atoms with van der Waals surface area (Å²) in [6.07, 6.45) is 1.60. The van der Waals surface area contributed by atoms with Crippen LogP contribution in [0.3, 0.4) is 0 Å². The van der Waals surface area contributed by atoms with Crippen LogP contribution in [0, 0.1) is 6.92 Å². The van der Waals surface area contributed by atoms with Crippen molar-refractivity contribution in [2.24, 2.45) is 5.73 Å².